The molecule has 0 aliphatic rings. The zero-order chi connectivity index (χ0) is 40.7. The van der Waals surface area contributed by atoms with Crippen LogP contribution >= 0.6 is 0 Å². The van der Waals surface area contributed by atoms with Gasteiger partial charge < -0.3 is 0 Å². The maximum atomic E-state index is 5.17. The van der Waals surface area contributed by atoms with Gasteiger partial charge in [-0.25, -0.2) is 9.97 Å². The van der Waals surface area contributed by atoms with Gasteiger partial charge in [-0.05, 0) is 109 Å². The van der Waals surface area contributed by atoms with Gasteiger partial charge in [0.1, 0.15) is 11.5 Å². The molecule has 62 heavy (non-hydrogen) atoms. The molecular weight excluding hydrogens is 753 g/mol. The first-order chi connectivity index (χ1) is 30.8. The average Bonchev–Trinajstić information content (AvgIpc) is 3.94. The van der Waals surface area contributed by atoms with E-state index in [4.69, 9.17) is 9.97 Å². The molecule has 0 saturated carbocycles. The van der Waals surface area contributed by atoms with Gasteiger partial charge >= 0.3 is 0 Å². The highest BCUT2D eigenvalue weighted by molar-refractivity contribution is 6.21. The van der Waals surface area contributed by atoms with Crippen LogP contribution in [0, 0.1) is 0 Å². The topological polar surface area (TPSA) is 35.1 Å². The molecule has 0 aliphatic carbocycles. The van der Waals surface area contributed by atoms with Crippen molar-refractivity contribution in [2.75, 3.05) is 0 Å². The number of hydrogen-bond donors (Lipinski definition) is 0. The first kappa shape index (κ1) is 34.5. The number of para-hydroxylation sites is 6. The smallest absolute Gasteiger partial charge is 0.146 e. The van der Waals surface area contributed by atoms with E-state index >= 15 is 0 Å². The van der Waals surface area contributed by atoms with Crippen molar-refractivity contribution in [3.05, 3.63) is 218 Å². The van der Waals surface area contributed by atoms with Gasteiger partial charge in [0.2, 0.25) is 0 Å². The Hall–Kier alpha value is -8.34. The van der Waals surface area contributed by atoms with Crippen LogP contribution in [0.1, 0.15) is 0 Å². The number of nitrogens with zero attached hydrogens (tertiary/aromatic N) is 4. The molecule has 3 aromatic heterocycles. The molecule has 13 aromatic rings. The second kappa shape index (κ2) is 13.6. The number of hydrogen-bond acceptors (Lipinski definition) is 2. The molecule has 0 amide bonds. The van der Waals surface area contributed by atoms with E-state index in [9.17, 15) is 0 Å². The van der Waals surface area contributed by atoms with Crippen molar-refractivity contribution in [3.63, 3.8) is 0 Å². The third kappa shape index (κ3) is 5.20. The van der Waals surface area contributed by atoms with Crippen molar-refractivity contribution in [1.82, 2.24) is 18.9 Å². The molecule has 10 aromatic carbocycles. The maximum absolute atomic E-state index is 5.17. The summed E-state index contributed by atoms with van der Waals surface area (Å²) in [5, 5.41) is 8.51. The molecule has 4 nitrogen and oxygen atoms in total. The van der Waals surface area contributed by atoms with Crippen molar-refractivity contribution in [2.24, 2.45) is 0 Å². The summed E-state index contributed by atoms with van der Waals surface area (Å²) < 4.78 is 4.58. The van der Waals surface area contributed by atoms with Crippen LogP contribution in [0.15, 0.2) is 218 Å². The molecule has 3 heterocycles. The quantitative estimate of drug-likeness (QED) is 0.129. The Morgan fingerprint density at radius 2 is 0.758 bits per heavy atom. The van der Waals surface area contributed by atoms with Crippen molar-refractivity contribution < 1.29 is 0 Å². The van der Waals surface area contributed by atoms with Crippen molar-refractivity contribution in [3.8, 4) is 50.5 Å². The van der Waals surface area contributed by atoms with Gasteiger partial charge in [-0.2, -0.15) is 0 Å². The number of imidazole rings is 2. The molecule has 0 atom stereocenters. The summed E-state index contributed by atoms with van der Waals surface area (Å²) in [5.41, 5.74) is 15.7. The fourth-order valence-corrected chi connectivity index (χ4v) is 9.91. The average molecular weight is 789 g/mol. The molecule has 0 aliphatic heterocycles. The van der Waals surface area contributed by atoms with Crippen molar-refractivity contribution in [1.29, 1.82) is 0 Å². The summed E-state index contributed by atoms with van der Waals surface area (Å²) in [6.07, 6.45) is 0. The zero-order valence-corrected chi connectivity index (χ0v) is 33.6. The van der Waals surface area contributed by atoms with E-state index < -0.39 is 0 Å². The van der Waals surface area contributed by atoms with Gasteiger partial charge in [0.15, 0.2) is 0 Å². The molecule has 0 fully saturated rings. The third-order valence-electron chi connectivity index (χ3n) is 12.7. The summed E-state index contributed by atoms with van der Waals surface area (Å²) in [4.78, 5) is 10.3. The second-order valence-electron chi connectivity index (χ2n) is 16.1. The molecule has 288 valence electrons. The molecule has 0 saturated heterocycles. The maximum Gasteiger partial charge on any atom is 0.146 e. The molecule has 0 unspecified atom stereocenters. The molecule has 0 spiro atoms. The minimum atomic E-state index is 0.929. The largest absolute Gasteiger partial charge is 0.292 e. The highest BCUT2D eigenvalue weighted by Gasteiger charge is 2.19. The fourth-order valence-electron chi connectivity index (χ4n) is 9.91. The van der Waals surface area contributed by atoms with E-state index in [1.54, 1.807) is 0 Å². The van der Waals surface area contributed by atoms with Gasteiger partial charge in [-0.15, -0.1) is 0 Å². The monoisotopic (exact) mass is 788 g/mol. The Labute approximate surface area is 357 Å². The van der Waals surface area contributed by atoms with Gasteiger partial charge in [-0.1, -0.05) is 170 Å². The van der Waals surface area contributed by atoms with Gasteiger partial charge in [0.05, 0.1) is 27.6 Å². The summed E-state index contributed by atoms with van der Waals surface area (Å²) >= 11 is 0. The number of fused-ring (bicyclic) bond motifs is 11. The van der Waals surface area contributed by atoms with E-state index in [-0.39, 0.29) is 0 Å². The zero-order valence-electron chi connectivity index (χ0n) is 33.6. The predicted molar refractivity (Wildman–Crippen MR) is 259 cm³/mol. The van der Waals surface area contributed by atoms with Crippen molar-refractivity contribution >= 4 is 70.9 Å². The lowest BCUT2D eigenvalue weighted by molar-refractivity contribution is 1.10. The molecule has 4 heteroatoms. The molecule has 0 bridgehead atoms. The van der Waals surface area contributed by atoms with E-state index in [0.717, 1.165) is 50.2 Å². The van der Waals surface area contributed by atoms with Gasteiger partial charge in [-0.3, -0.25) is 8.97 Å². The number of aromatic nitrogens is 4. The second-order valence-corrected chi connectivity index (χ2v) is 16.1. The Bertz CT molecular complexity index is 3840. The Balaban J connectivity index is 0.926. The Morgan fingerprint density at radius 1 is 0.290 bits per heavy atom. The summed E-state index contributed by atoms with van der Waals surface area (Å²) in [5.74, 6) is 0.929. The highest BCUT2D eigenvalue weighted by Crippen LogP contribution is 2.45. The summed E-state index contributed by atoms with van der Waals surface area (Å²) in [6, 6.07) is 78.6. The van der Waals surface area contributed by atoms with E-state index in [2.05, 4.69) is 227 Å². The molecular formula is C58H36N4. The Kier molecular flexibility index (Phi) is 7.57. The lowest BCUT2D eigenvalue weighted by Crippen LogP contribution is -1.97. The number of rotatable bonds is 5. The van der Waals surface area contributed by atoms with Crippen LogP contribution in [0.3, 0.4) is 0 Å². The minimum absolute atomic E-state index is 0.929. The van der Waals surface area contributed by atoms with Crippen molar-refractivity contribution in [2.45, 2.75) is 0 Å². The number of benzene rings is 10. The Morgan fingerprint density at radius 3 is 1.39 bits per heavy atom. The molecule has 0 radical (unpaired) electrons. The SMILES string of the molecule is c1ccc(-n2c(-c3ccc(-c4c5ccccc5c(-c5ccc(-c6ccc7c8ccccc8n8c9ccccc9nc8c7c6)cc5)c5ccccc45)cc3)nc3ccccc32)cc1. The lowest BCUT2D eigenvalue weighted by Gasteiger charge is -2.18. The highest BCUT2D eigenvalue weighted by atomic mass is 15.1. The summed E-state index contributed by atoms with van der Waals surface area (Å²) in [6.45, 7) is 0. The van der Waals surface area contributed by atoms with Crippen LogP contribution in [0.25, 0.3) is 121 Å². The van der Waals surface area contributed by atoms with E-state index in [0.29, 0.717) is 0 Å². The lowest BCUT2D eigenvalue weighted by atomic mass is 9.85. The molecule has 0 N–H and O–H groups in total. The van der Waals surface area contributed by atoms with Crippen LogP contribution < -0.4 is 0 Å². The fraction of sp³-hybridized carbons (Fsp3) is 0. The summed E-state index contributed by atoms with van der Waals surface area (Å²) in [7, 11) is 0. The van der Waals surface area contributed by atoms with Crippen LogP contribution in [-0.2, 0) is 0 Å². The predicted octanol–water partition coefficient (Wildman–Crippen LogP) is 15.1. The van der Waals surface area contributed by atoms with Crippen LogP contribution in [0.5, 0.6) is 0 Å². The molecule has 13 rings (SSSR count). The third-order valence-corrected chi connectivity index (χ3v) is 12.7. The number of pyridine rings is 1. The first-order valence-electron chi connectivity index (χ1n) is 21.2. The van der Waals surface area contributed by atoms with Crippen LogP contribution in [0.4, 0.5) is 0 Å². The standard InChI is InChI=1S/C58H36N4/c1-2-14-42(15-3-1)61-53-24-12-9-21-50(53)59-57(61)40-32-30-39(31-33-40)56-47-19-6-4-17-45(47)55(46-18-5-7-20-48(46)56)38-28-26-37(27-29-38)41-34-35-43-44-16-8-11-23-52(44)62-54-25-13-10-22-51(54)60-58(62)49(43)36-41/h1-36H. The first-order valence-corrected chi connectivity index (χ1v) is 21.2. The van der Waals surface area contributed by atoms with Gasteiger partial charge in [0.25, 0.3) is 0 Å². The minimum Gasteiger partial charge on any atom is -0.292 e. The van der Waals surface area contributed by atoms with E-state index in [1.807, 2.05) is 0 Å². The van der Waals surface area contributed by atoms with Crippen LogP contribution in [-0.4, -0.2) is 18.9 Å². The van der Waals surface area contributed by atoms with Crippen LogP contribution in [0.2, 0.25) is 0 Å². The van der Waals surface area contributed by atoms with Gasteiger partial charge in [0, 0.05) is 22.0 Å². The van der Waals surface area contributed by atoms with E-state index in [1.165, 1.54) is 71.2 Å². The normalized spacial score (nSPS) is 11.9.